The summed E-state index contributed by atoms with van der Waals surface area (Å²) in [5, 5.41) is 0. The maximum atomic E-state index is 3.27. The predicted octanol–water partition coefficient (Wildman–Crippen LogP) is 4.80. The lowest BCUT2D eigenvalue weighted by Gasteiger charge is -2.13. The summed E-state index contributed by atoms with van der Waals surface area (Å²) in [5.41, 5.74) is 0. The Kier molecular flexibility index (Phi) is 6.58. The first-order valence-electron chi connectivity index (χ1n) is 5.96. The van der Waals surface area contributed by atoms with E-state index in [1.165, 1.54) is 36.3 Å². The Balaban J connectivity index is 2.28. The Morgan fingerprint density at radius 2 is 2.20 bits per heavy atom. The van der Waals surface area contributed by atoms with E-state index in [4.69, 9.17) is 0 Å². The zero-order valence-electron chi connectivity index (χ0n) is 9.83. The molecule has 1 unspecified atom stereocenters. The van der Waals surface area contributed by atoms with Crippen LogP contribution in [0.1, 0.15) is 39.5 Å². The van der Waals surface area contributed by atoms with Crippen molar-refractivity contribution in [2.24, 2.45) is 5.92 Å². The van der Waals surface area contributed by atoms with Gasteiger partial charge in [-0.15, -0.1) is 11.8 Å². The Labute approximate surface area is 98.5 Å². The summed E-state index contributed by atoms with van der Waals surface area (Å²) >= 11 is 1.95. The second-order valence-corrected chi connectivity index (χ2v) is 5.02. The van der Waals surface area contributed by atoms with Gasteiger partial charge in [0.15, 0.2) is 0 Å². The minimum atomic E-state index is 0.878. The molecule has 0 aromatic heterocycles. The summed E-state index contributed by atoms with van der Waals surface area (Å²) in [7, 11) is 0. The van der Waals surface area contributed by atoms with Crippen molar-refractivity contribution in [3.63, 3.8) is 0 Å². The van der Waals surface area contributed by atoms with Crippen LogP contribution < -0.4 is 0 Å². The number of rotatable bonds is 7. The van der Waals surface area contributed by atoms with Gasteiger partial charge in [0.25, 0.3) is 0 Å². The summed E-state index contributed by atoms with van der Waals surface area (Å²) in [6.07, 6.45) is 5.38. The van der Waals surface area contributed by atoms with E-state index in [-0.39, 0.29) is 0 Å². The second kappa shape index (κ2) is 7.81. The van der Waals surface area contributed by atoms with Gasteiger partial charge in [-0.1, -0.05) is 51.3 Å². The SMILES string of the molecule is CCCCC(CC)CSc1[c]cccc1. The van der Waals surface area contributed by atoms with Gasteiger partial charge in [-0.25, -0.2) is 0 Å². The fourth-order valence-corrected chi connectivity index (χ4v) is 2.72. The lowest BCUT2D eigenvalue weighted by atomic mass is 10.0. The van der Waals surface area contributed by atoms with Gasteiger partial charge in [0.2, 0.25) is 0 Å². The standard InChI is InChI=1S/C14H21S/c1-3-5-9-13(4-2)12-15-14-10-7-6-8-11-14/h6-8,10,13H,3-5,9,12H2,1-2H3. The Morgan fingerprint density at radius 1 is 1.33 bits per heavy atom. The molecule has 0 aliphatic carbocycles. The van der Waals surface area contributed by atoms with Crippen LogP contribution >= 0.6 is 11.8 Å². The van der Waals surface area contributed by atoms with E-state index >= 15 is 0 Å². The predicted molar refractivity (Wildman–Crippen MR) is 69.3 cm³/mol. The number of thioether (sulfide) groups is 1. The lowest BCUT2D eigenvalue weighted by Crippen LogP contribution is -2.01. The molecule has 0 saturated carbocycles. The minimum absolute atomic E-state index is 0.878. The maximum absolute atomic E-state index is 3.27. The van der Waals surface area contributed by atoms with E-state index in [2.05, 4.69) is 32.0 Å². The van der Waals surface area contributed by atoms with Crippen molar-refractivity contribution >= 4 is 11.8 Å². The smallest absolute Gasteiger partial charge is 0.0151 e. The molecule has 15 heavy (non-hydrogen) atoms. The van der Waals surface area contributed by atoms with Crippen LogP contribution in [0.25, 0.3) is 0 Å². The highest BCUT2D eigenvalue weighted by Gasteiger charge is 2.06. The molecule has 0 fully saturated rings. The lowest BCUT2D eigenvalue weighted by molar-refractivity contribution is 0.499. The highest BCUT2D eigenvalue weighted by Crippen LogP contribution is 2.24. The molecule has 1 radical (unpaired) electrons. The fraction of sp³-hybridized carbons (Fsp3) is 0.571. The van der Waals surface area contributed by atoms with Gasteiger partial charge < -0.3 is 0 Å². The van der Waals surface area contributed by atoms with Crippen molar-refractivity contribution < 1.29 is 0 Å². The van der Waals surface area contributed by atoms with Crippen molar-refractivity contribution in [2.75, 3.05) is 5.75 Å². The number of hydrogen-bond donors (Lipinski definition) is 0. The number of benzene rings is 1. The average Bonchev–Trinajstić information content (AvgIpc) is 2.31. The molecule has 1 heteroatoms. The Bertz CT molecular complexity index is 243. The van der Waals surface area contributed by atoms with Gasteiger partial charge >= 0.3 is 0 Å². The van der Waals surface area contributed by atoms with Crippen LogP contribution in [0, 0.1) is 12.0 Å². The average molecular weight is 221 g/mol. The maximum Gasteiger partial charge on any atom is 0.0151 e. The quantitative estimate of drug-likeness (QED) is 0.596. The molecule has 1 aromatic carbocycles. The summed E-state index contributed by atoms with van der Waals surface area (Å²) < 4.78 is 0. The molecular formula is C14H21S. The molecule has 0 saturated heterocycles. The Morgan fingerprint density at radius 3 is 2.80 bits per heavy atom. The van der Waals surface area contributed by atoms with E-state index < -0.39 is 0 Å². The molecule has 0 aliphatic heterocycles. The monoisotopic (exact) mass is 221 g/mol. The van der Waals surface area contributed by atoms with Gasteiger partial charge in [0.1, 0.15) is 0 Å². The van der Waals surface area contributed by atoms with Gasteiger partial charge in [0, 0.05) is 10.6 Å². The number of unbranched alkanes of at least 4 members (excludes halogenated alkanes) is 1. The normalized spacial score (nSPS) is 12.7. The van der Waals surface area contributed by atoms with Gasteiger partial charge in [-0.05, 0) is 24.5 Å². The first-order valence-corrected chi connectivity index (χ1v) is 6.94. The zero-order chi connectivity index (χ0) is 10.9. The highest BCUT2D eigenvalue weighted by atomic mass is 32.2. The van der Waals surface area contributed by atoms with Crippen molar-refractivity contribution in [3.05, 3.63) is 30.3 Å². The fourth-order valence-electron chi connectivity index (χ4n) is 1.57. The molecule has 0 nitrogen and oxygen atoms in total. The third kappa shape index (κ3) is 5.27. The summed E-state index contributed by atoms with van der Waals surface area (Å²) in [6, 6.07) is 11.5. The topological polar surface area (TPSA) is 0 Å². The van der Waals surface area contributed by atoms with Crippen molar-refractivity contribution in [1.82, 2.24) is 0 Å². The van der Waals surface area contributed by atoms with Crippen molar-refractivity contribution in [3.8, 4) is 0 Å². The molecule has 83 valence electrons. The van der Waals surface area contributed by atoms with Crippen LogP contribution in [0.15, 0.2) is 29.2 Å². The van der Waals surface area contributed by atoms with Crippen molar-refractivity contribution in [1.29, 1.82) is 0 Å². The molecular weight excluding hydrogens is 200 g/mol. The molecule has 0 bridgehead atoms. The molecule has 0 spiro atoms. The molecule has 0 aliphatic rings. The third-order valence-electron chi connectivity index (χ3n) is 2.70. The Hall–Kier alpha value is -0.430. The van der Waals surface area contributed by atoms with Crippen LogP contribution in [-0.2, 0) is 0 Å². The molecule has 0 heterocycles. The van der Waals surface area contributed by atoms with Crippen LogP contribution in [0.5, 0.6) is 0 Å². The number of hydrogen-bond acceptors (Lipinski definition) is 1. The minimum Gasteiger partial charge on any atom is -0.125 e. The van der Waals surface area contributed by atoms with Crippen LogP contribution in [0.4, 0.5) is 0 Å². The van der Waals surface area contributed by atoms with Gasteiger partial charge in [-0.3, -0.25) is 0 Å². The summed E-state index contributed by atoms with van der Waals surface area (Å²) in [5.74, 6) is 2.13. The molecule has 0 amide bonds. The van der Waals surface area contributed by atoms with Crippen LogP contribution in [0.2, 0.25) is 0 Å². The first kappa shape index (κ1) is 12.6. The largest absolute Gasteiger partial charge is 0.125 e. The van der Waals surface area contributed by atoms with E-state index in [0.29, 0.717) is 0 Å². The molecule has 1 aromatic rings. The van der Waals surface area contributed by atoms with E-state index in [1.54, 1.807) is 0 Å². The van der Waals surface area contributed by atoms with Crippen LogP contribution in [0.3, 0.4) is 0 Å². The molecule has 1 rings (SSSR count). The van der Waals surface area contributed by atoms with Crippen LogP contribution in [-0.4, -0.2) is 5.75 Å². The van der Waals surface area contributed by atoms with E-state index in [0.717, 1.165) is 5.92 Å². The van der Waals surface area contributed by atoms with Crippen molar-refractivity contribution in [2.45, 2.75) is 44.4 Å². The van der Waals surface area contributed by atoms with Gasteiger partial charge in [-0.2, -0.15) is 0 Å². The first-order chi connectivity index (χ1) is 7.36. The van der Waals surface area contributed by atoms with E-state index in [1.807, 2.05) is 23.9 Å². The zero-order valence-corrected chi connectivity index (χ0v) is 10.6. The third-order valence-corrected chi connectivity index (χ3v) is 3.90. The summed E-state index contributed by atoms with van der Waals surface area (Å²) in [6.45, 7) is 4.57. The highest BCUT2D eigenvalue weighted by molar-refractivity contribution is 7.99. The second-order valence-electron chi connectivity index (χ2n) is 3.95. The molecule has 0 N–H and O–H groups in total. The van der Waals surface area contributed by atoms with Gasteiger partial charge in [0.05, 0.1) is 0 Å². The molecule has 1 atom stereocenters. The summed E-state index contributed by atoms with van der Waals surface area (Å²) in [4.78, 5) is 1.28. The van der Waals surface area contributed by atoms with E-state index in [9.17, 15) is 0 Å².